The molecule has 3 heteroatoms. The second-order valence-corrected chi connectivity index (χ2v) is 5.41. The van der Waals surface area contributed by atoms with E-state index in [1.54, 1.807) is 0 Å². The van der Waals surface area contributed by atoms with Crippen molar-refractivity contribution in [1.29, 1.82) is 0 Å². The molecule has 0 radical (unpaired) electrons. The van der Waals surface area contributed by atoms with E-state index in [0.717, 1.165) is 27.6 Å². The number of fused-ring (bicyclic) bond motifs is 1. The molecule has 2 rings (SSSR count). The van der Waals surface area contributed by atoms with Gasteiger partial charge in [-0.15, -0.1) is 0 Å². The maximum absolute atomic E-state index is 9.37. The van der Waals surface area contributed by atoms with Gasteiger partial charge in [-0.25, -0.2) is 4.98 Å². The molecule has 0 aliphatic heterocycles. The monoisotopic (exact) mass is 275 g/mol. The molecule has 1 aromatic carbocycles. The predicted octanol–water partition coefficient (Wildman–Crippen LogP) is 4.23. The maximum atomic E-state index is 9.37. The lowest BCUT2D eigenvalue weighted by atomic mass is 10.0. The molecule has 0 saturated heterocycles. The lowest BCUT2D eigenvalue weighted by molar-refractivity contribution is 0.320. The van der Waals surface area contributed by atoms with Crippen LogP contribution in [0.5, 0.6) is 0 Å². The number of pyridine rings is 1. The van der Waals surface area contributed by atoms with Crippen molar-refractivity contribution in [2.24, 2.45) is 5.92 Å². The molecule has 2 nitrogen and oxygen atoms in total. The van der Waals surface area contributed by atoms with Crippen LogP contribution >= 0.6 is 11.6 Å². The normalized spacial score (nSPS) is 12.4. The fraction of sp³-hybridized carbons (Fsp3) is 0.312. The highest BCUT2D eigenvalue weighted by molar-refractivity contribution is 6.31. The number of aliphatic hydroxyl groups is 1. The highest BCUT2D eigenvalue weighted by Crippen LogP contribution is 2.25. The third kappa shape index (κ3) is 2.96. The Labute approximate surface area is 118 Å². The fourth-order valence-electron chi connectivity index (χ4n) is 2.04. The molecule has 1 aromatic heterocycles. The molecule has 0 unspecified atom stereocenters. The van der Waals surface area contributed by atoms with Crippen LogP contribution in [0.3, 0.4) is 0 Å². The number of para-hydroxylation sites is 1. The minimum Gasteiger partial charge on any atom is -0.392 e. The van der Waals surface area contributed by atoms with E-state index in [0.29, 0.717) is 5.15 Å². The summed E-state index contributed by atoms with van der Waals surface area (Å²) in [7, 11) is 0. The van der Waals surface area contributed by atoms with E-state index >= 15 is 0 Å². The van der Waals surface area contributed by atoms with Crippen LogP contribution in [-0.4, -0.2) is 16.7 Å². The molecule has 0 bridgehead atoms. The standard InChI is InChI=1S/C16H18ClNO/c1-10(2)14(9-19)8-13-7-12-6-4-5-11(3)15(12)18-16(13)17/h4-8,10,19H,9H2,1-3H3. The summed E-state index contributed by atoms with van der Waals surface area (Å²) in [6.45, 7) is 6.16. The van der Waals surface area contributed by atoms with Gasteiger partial charge in [-0.3, -0.25) is 0 Å². The largest absolute Gasteiger partial charge is 0.392 e. The van der Waals surface area contributed by atoms with Crippen molar-refractivity contribution >= 4 is 28.6 Å². The number of hydrogen-bond donors (Lipinski definition) is 1. The third-order valence-electron chi connectivity index (χ3n) is 3.29. The van der Waals surface area contributed by atoms with E-state index in [-0.39, 0.29) is 12.5 Å². The highest BCUT2D eigenvalue weighted by Gasteiger charge is 2.07. The lowest BCUT2D eigenvalue weighted by Crippen LogP contribution is -1.99. The summed E-state index contributed by atoms with van der Waals surface area (Å²) in [4.78, 5) is 4.46. The molecule has 1 heterocycles. The van der Waals surface area contributed by atoms with Crippen molar-refractivity contribution in [3.05, 3.63) is 46.1 Å². The molecule has 19 heavy (non-hydrogen) atoms. The molecular formula is C16H18ClNO. The first-order valence-corrected chi connectivity index (χ1v) is 6.78. The number of aliphatic hydroxyl groups excluding tert-OH is 1. The van der Waals surface area contributed by atoms with Crippen LogP contribution in [0.2, 0.25) is 5.15 Å². The zero-order valence-corrected chi connectivity index (χ0v) is 12.2. The second-order valence-electron chi connectivity index (χ2n) is 5.05. The Morgan fingerprint density at radius 3 is 2.79 bits per heavy atom. The van der Waals surface area contributed by atoms with Crippen LogP contribution in [0.25, 0.3) is 17.0 Å². The number of aromatic nitrogens is 1. The van der Waals surface area contributed by atoms with Crippen LogP contribution in [0.1, 0.15) is 25.0 Å². The average Bonchev–Trinajstić information content (AvgIpc) is 2.37. The summed E-state index contributed by atoms with van der Waals surface area (Å²) in [5.41, 5.74) is 3.86. The van der Waals surface area contributed by atoms with E-state index in [9.17, 15) is 5.11 Å². The molecule has 0 atom stereocenters. The zero-order valence-electron chi connectivity index (χ0n) is 11.4. The van der Waals surface area contributed by atoms with Gasteiger partial charge in [0.15, 0.2) is 0 Å². The Morgan fingerprint density at radius 2 is 2.16 bits per heavy atom. The molecule has 0 aliphatic rings. The van der Waals surface area contributed by atoms with Crippen LogP contribution in [0.4, 0.5) is 0 Å². The Morgan fingerprint density at radius 1 is 1.42 bits per heavy atom. The summed E-state index contributed by atoms with van der Waals surface area (Å²) in [6, 6.07) is 8.08. The Bertz CT molecular complexity index is 632. The summed E-state index contributed by atoms with van der Waals surface area (Å²) in [6.07, 6.45) is 1.93. The lowest BCUT2D eigenvalue weighted by Gasteiger charge is -2.10. The van der Waals surface area contributed by atoms with E-state index in [2.05, 4.69) is 18.8 Å². The number of rotatable bonds is 3. The van der Waals surface area contributed by atoms with Gasteiger partial charge in [-0.1, -0.05) is 49.7 Å². The molecular weight excluding hydrogens is 258 g/mol. The van der Waals surface area contributed by atoms with Crippen LogP contribution in [-0.2, 0) is 0 Å². The van der Waals surface area contributed by atoms with Gasteiger partial charge in [-0.2, -0.15) is 0 Å². The molecule has 0 spiro atoms. The molecule has 0 aliphatic carbocycles. The summed E-state index contributed by atoms with van der Waals surface area (Å²) >= 11 is 6.24. The Hall–Kier alpha value is -1.38. The summed E-state index contributed by atoms with van der Waals surface area (Å²) in [5.74, 6) is 0.286. The summed E-state index contributed by atoms with van der Waals surface area (Å²) in [5, 5.41) is 10.9. The van der Waals surface area contributed by atoms with Crippen LogP contribution in [0, 0.1) is 12.8 Å². The Kier molecular flexibility index (Phi) is 4.23. The molecule has 2 aromatic rings. The number of halogens is 1. The number of nitrogens with zero attached hydrogens (tertiary/aromatic N) is 1. The van der Waals surface area contributed by atoms with Crippen LogP contribution < -0.4 is 0 Å². The quantitative estimate of drug-likeness (QED) is 0.851. The first kappa shape index (κ1) is 14.0. The number of aryl methyl sites for hydroxylation is 1. The number of benzene rings is 1. The van der Waals surface area contributed by atoms with Crippen molar-refractivity contribution in [2.75, 3.05) is 6.61 Å². The molecule has 0 amide bonds. The van der Waals surface area contributed by atoms with Gasteiger partial charge < -0.3 is 5.11 Å². The fourth-order valence-corrected chi connectivity index (χ4v) is 2.23. The van der Waals surface area contributed by atoms with Crippen molar-refractivity contribution < 1.29 is 5.11 Å². The van der Waals surface area contributed by atoms with Gasteiger partial charge >= 0.3 is 0 Å². The minimum absolute atomic E-state index is 0.0415. The van der Waals surface area contributed by atoms with Crippen molar-refractivity contribution in [1.82, 2.24) is 4.98 Å². The van der Waals surface area contributed by atoms with Gasteiger partial charge in [0.25, 0.3) is 0 Å². The van der Waals surface area contributed by atoms with Gasteiger partial charge in [-0.05, 0) is 30.0 Å². The Balaban J connectivity index is 2.59. The first-order chi connectivity index (χ1) is 9.02. The average molecular weight is 276 g/mol. The van der Waals surface area contributed by atoms with Crippen LogP contribution in [0.15, 0.2) is 29.8 Å². The molecule has 0 saturated carbocycles. The van der Waals surface area contributed by atoms with E-state index in [1.807, 2.05) is 37.3 Å². The zero-order chi connectivity index (χ0) is 14.0. The summed E-state index contributed by atoms with van der Waals surface area (Å²) < 4.78 is 0. The van der Waals surface area contributed by atoms with Gasteiger partial charge in [0.2, 0.25) is 0 Å². The van der Waals surface area contributed by atoms with Crippen molar-refractivity contribution in [3.8, 4) is 0 Å². The number of hydrogen-bond acceptors (Lipinski definition) is 2. The minimum atomic E-state index is 0.0415. The highest BCUT2D eigenvalue weighted by atomic mass is 35.5. The molecule has 100 valence electrons. The van der Waals surface area contributed by atoms with Crippen molar-refractivity contribution in [3.63, 3.8) is 0 Å². The van der Waals surface area contributed by atoms with Gasteiger partial charge in [0.05, 0.1) is 12.1 Å². The van der Waals surface area contributed by atoms with Gasteiger partial charge in [0, 0.05) is 10.9 Å². The van der Waals surface area contributed by atoms with E-state index in [4.69, 9.17) is 11.6 Å². The molecule has 0 fully saturated rings. The topological polar surface area (TPSA) is 33.1 Å². The predicted molar refractivity (Wildman–Crippen MR) is 81.4 cm³/mol. The third-order valence-corrected chi connectivity index (χ3v) is 3.60. The maximum Gasteiger partial charge on any atom is 0.137 e. The van der Waals surface area contributed by atoms with Crippen molar-refractivity contribution in [2.45, 2.75) is 20.8 Å². The first-order valence-electron chi connectivity index (χ1n) is 6.40. The smallest absolute Gasteiger partial charge is 0.137 e. The molecule has 1 N–H and O–H groups in total. The SMILES string of the molecule is Cc1cccc2cc(C=C(CO)C(C)C)c(Cl)nc12. The van der Waals surface area contributed by atoms with E-state index < -0.39 is 0 Å². The van der Waals surface area contributed by atoms with E-state index in [1.165, 1.54) is 0 Å². The van der Waals surface area contributed by atoms with Gasteiger partial charge in [0.1, 0.15) is 5.15 Å². The second kappa shape index (κ2) is 5.72.